The Hall–Kier alpha value is -1.45. The number of benzene rings is 2. The summed E-state index contributed by atoms with van der Waals surface area (Å²) in [5, 5.41) is 0.801. The van der Waals surface area contributed by atoms with E-state index in [0.717, 1.165) is 40.7 Å². The van der Waals surface area contributed by atoms with Gasteiger partial charge in [-0.3, -0.25) is 4.79 Å². The molecule has 0 atom stereocenters. The average Bonchev–Trinajstić information content (AvgIpc) is 2.97. The number of rotatable bonds is 5. The van der Waals surface area contributed by atoms with E-state index in [1.54, 1.807) is 11.8 Å². The van der Waals surface area contributed by atoms with Crippen molar-refractivity contribution >= 4 is 35.0 Å². The molecule has 0 unspecified atom stereocenters. The fourth-order valence-electron chi connectivity index (χ4n) is 2.69. The molecule has 4 heteroatoms. The number of para-hydroxylation sites is 1. The van der Waals surface area contributed by atoms with E-state index >= 15 is 0 Å². The van der Waals surface area contributed by atoms with Crippen LogP contribution in [0.4, 0.5) is 5.69 Å². The summed E-state index contributed by atoms with van der Waals surface area (Å²) in [4.78, 5) is 14.3. The van der Waals surface area contributed by atoms with Gasteiger partial charge in [0.25, 0.3) is 0 Å². The Morgan fingerprint density at radius 3 is 2.77 bits per heavy atom. The zero-order valence-corrected chi connectivity index (χ0v) is 13.9. The molecule has 0 spiro atoms. The van der Waals surface area contributed by atoms with Crippen molar-refractivity contribution in [1.29, 1.82) is 0 Å². The van der Waals surface area contributed by atoms with Gasteiger partial charge in [-0.2, -0.15) is 11.8 Å². The molecule has 0 radical (unpaired) electrons. The summed E-state index contributed by atoms with van der Waals surface area (Å²) in [6, 6.07) is 16.0. The van der Waals surface area contributed by atoms with E-state index in [1.807, 2.05) is 47.4 Å². The average molecular weight is 332 g/mol. The van der Waals surface area contributed by atoms with Gasteiger partial charge in [0.05, 0.1) is 0 Å². The number of fused-ring (bicyclic) bond motifs is 1. The molecule has 0 bridgehead atoms. The van der Waals surface area contributed by atoms with Gasteiger partial charge in [-0.05, 0) is 29.7 Å². The monoisotopic (exact) mass is 331 g/mol. The van der Waals surface area contributed by atoms with Gasteiger partial charge in [-0.15, -0.1) is 0 Å². The van der Waals surface area contributed by atoms with Crippen LogP contribution in [0.3, 0.4) is 0 Å². The number of anilines is 1. The molecule has 0 fully saturated rings. The molecule has 2 nitrogen and oxygen atoms in total. The van der Waals surface area contributed by atoms with Crippen molar-refractivity contribution < 1.29 is 4.79 Å². The highest BCUT2D eigenvalue weighted by molar-refractivity contribution is 7.98. The normalized spacial score (nSPS) is 13.2. The quantitative estimate of drug-likeness (QED) is 0.749. The molecule has 0 aromatic heterocycles. The van der Waals surface area contributed by atoms with Crippen LogP contribution in [0.2, 0.25) is 5.02 Å². The van der Waals surface area contributed by atoms with Crippen LogP contribution < -0.4 is 4.90 Å². The summed E-state index contributed by atoms with van der Waals surface area (Å²) in [6.07, 6.45) is 1.54. The highest BCUT2D eigenvalue weighted by Crippen LogP contribution is 2.28. The zero-order valence-electron chi connectivity index (χ0n) is 12.3. The number of nitrogens with zero attached hydrogens (tertiary/aromatic N) is 1. The molecule has 1 amide bonds. The molecule has 2 aromatic carbocycles. The van der Waals surface area contributed by atoms with Crippen LogP contribution in [0.1, 0.15) is 17.5 Å². The summed E-state index contributed by atoms with van der Waals surface area (Å²) >= 11 is 7.89. The Kier molecular flexibility index (Phi) is 5.06. The Bertz CT molecular complexity index is 674. The maximum atomic E-state index is 12.4. The molecule has 1 aliphatic rings. The van der Waals surface area contributed by atoms with Crippen molar-refractivity contribution in [3.8, 4) is 0 Å². The first-order valence-electron chi connectivity index (χ1n) is 7.45. The Morgan fingerprint density at radius 2 is 1.91 bits per heavy atom. The molecule has 1 aliphatic heterocycles. The Morgan fingerprint density at radius 1 is 1.14 bits per heavy atom. The Balaban J connectivity index is 1.49. The van der Waals surface area contributed by atoms with E-state index in [9.17, 15) is 4.79 Å². The van der Waals surface area contributed by atoms with Gasteiger partial charge >= 0.3 is 0 Å². The van der Waals surface area contributed by atoms with Crippen LogP contribution in [0.5, 0.6) is 0 Å². The van der Waals surface area contributed by atoms with Crippen LogP contribution in [-0.2, 0) is 17.0 Å². The van der Waals surface area contributed by atoms with Crippen LogP contribution in [0, 0.1) is 0 Å². The topological polar surface area (TPSA) is 20.3 Å². The second-order valence-corrected chi connectivity index (χ2v) is 6.83. The van der Waals surface area contributed by atoms with Crippen LogP contribution in [0.15, 0.2) is 48.5 Å². The molecule has 22 heavy (non-hydrogen) atoms. The minimum absolute atomic E-state index is 0.219. The van der Waals surface area contributed by atoms with E-state index in [0.29, 0.717) is 6.42 Å². The predicted octanol–water partition coefficient (Wildman–Crippen LogP) is 4.55. The lowest BCUT2D eigenvalue weighted by molar-refractivity contribution is -0.118. The fourth-order valence-corrected chi connectivity index (χ4v) is 3.91. The number of hydrogen-bond acceptors (Lipinski definition) is 2. The molecular weight excluding hydrogens is 314 g/mol. The molecule has 0 aliphatic carbocycles. The van der Waals surface area contributed by atoms with E-state index in [1.165, 1.54) is 5.56 Å². The van der Waals surface area contributed by atoms with Crippen molar-refractivity contribution in [2.75, 3.05) is 17.2 Å². The third-order valence-electron chi connectivity index (χ3n) is 3.86. The number of carbonyl (C=O) groups excluding carboxylic acids is 1. The van der Waals surface area contributed by atoms with Gasteiger partial charge in [0, 0.05) is 35.2 Å². The van der Waals surface area contributed by atoms with Gasteiger partial charge in [0.2, 0.25) is 5.91 Å². The third kappa shape index (κ3) is 3.47. The van der Waals surface area contributed by atoms with Crippen molar-refractivity contribution in [2.24, 2.45) is 0 Å². The highest BCUT2D eigenvalue weighted by atomic mass is 35.5. The molecule has 3 rings (SSSR count). The minimum Gasteiger partial charge on any atom is -0.312 e. The van der Waals surface area contributed by atoms with Crippen molar-refractivity contribution in [1.82, 2.24) is 0 Å². The number of thioether (sulfide) groups is 1. The molecule has 2 aromatic rings. The van der Waals surface area contributed by atoms with E-state index in [4.69, 9.17) is 11.6 Å². The maximum Gasteiger partial charge on any atom is 0.227 e. The van der Waals surface area contributed by atoms with Crippen molar-refractivity contribution in [3.05, 3.63) is 64.7 Å². The lowest BCUT2D eigenvalue weighted by Crippen LogP contribution is -2.29. The second-order valence-electron chi connectivity index (χ2n) is 5.32. The van der Waals surface area contributed by atoms with Crippen LogP contribution in [0.25, 0.3) is 0 Å². The summed E-state index contributed by atoms with van der Waals surface area (Å²) in [5.41, 5.74) is 3.50. The molecular formula is C18H18ClNOS. The van der Waals surface area contributed by atoms with Crippen LogP contribution in [-0.4, -0.2) is 18.2 Å². The first-order valence-corrected chi connectivity index (χ1v) is 8.98. The van der Waals surface area contributed by atoms with Gasteiger partial charge in [-0.1, -0.05) is 48.0 Å². The number of hydrogen-bond donors (Lipinski definition) is 0. The number of amides is 1. The summed E-state index contributed by atoms with van der Waals surface area (Å²) < 4.78 is 0. The fraction of sp³-hybridized carbons (Fsp3) is 0.278. The predicted molar refractivity (Wildman–Crippen MR) is 94.7 cm³/mol. The smallest absolute Gasteiger partial charge is 0.227 e. The van der Waals surface area contributed by atoms with Gasteiger partial charge < -0.3 is 4.90 Å². The van der Waals surface area contributed by atoms with Crippen molar-refractivity contribution in [3.63, 3.8) is 0 Å². The largest absolute Gasteiger partial charge is 0.312 e. The van der Waals surface area contributed by atoms with Gasteiger partial charge in [0.1, 0.15) is 0 Å². The first kappa shape index (κ1) is 15.4. The molecule has 114 valence electrons. The lowest BCUT2D eigenvalue weighted by atomic mass is 10.2. The number of carbonyl (C=O) groups is 1. The second kappa shape index (κ2) is 7.21. The standard InChI is InChI=1S/C18H18ClNOS/c19-16-7-3-1-6-15(16)13-22-12-10-18(21)20-11-9-14-5-2-4-8-17(14)20/h1-8H,9-13H2. The minimum atomic E-state index is 0.219. The lowest BCUT2D eigenvalue weighted by Gasteiger charge is -2.17. The summed E-state index contributed by atoms with van der Waals surface area (Å²) in [7, 11) is 0. The molecule has 0 saturated carbocycles. The molecule has 0 N–H and O–H groups in total. The van der Waals surface area contributed by atoms with E-state index in [-0.39, 0.29) is 5.91 Å². The zero-order chi connectivity index (χ0) is 15.4. The van der Waals surface area contributed by atoms with Gasteiger partial charge in [0.15, 0.2) is 0 Å². The third-order valence-corrected chi connectivity index (χ3v) is 5.24. The van der Waals surface area contributed by atoms with Crippen molar-refractivity contribution in [2.45, 2.75) is 18.6 Å². The molecule has 1 heterocycles. The highest BCUT2D eigenvalue weighted by Gasteiger charge is 2.23. The van der Waals surface area contributed by atoms with Gasteiger partial charge in [-0.25, -0.2) is 0 Å². The van der Waals surface area contributed by atoms with E-state index < -0.39 is 0 Å². The number of halogens is 1. The maximum absolute atomic E-state index is 12.4. The molecule has 0 saturated heterocycles. The van der Waals surface area contributed by atoms with Crippen LogP contribution >= 0.6 is 23.4 Å². The SMILES string of the molecule is O=C(CCSCc1ccccc1Cl)N1CCc2ccccc21. The van der Waals surface area contributed by atoms with E-state index in [2.05, 4.69) is 6.07 Å². The summed E-state index contributed by atoms with van der Waals surface area (Å²) in [5.74, 6) is 1.89. The summed E-state index contributed by atoms with van der Waals surface area (Å²) in [6.45, 7) is 0.813. The first-order chi connectivity index (χ1) is 10.8. The Labute approximate surface area is 140 Å².